The average Bonchev–Trinajstić information content (AvgIpc) is 2.35. The molecule has 0 atom stereocenters. The van der Waals surface area contributed by atoms with E-state index < -0.39 is 0 Å². The summed E-state index contributed by atoms with van der Waals surface area (Å²) in [5.41, 5.74) is -0.241. The molecule has 0 aromatic heterocycles. The summed E-state index contributed by atoms with van der Waals surface area (Å²) in [4.78, 5) is 13.7. The third-order valence-corrected chi connectivity index (χ3v) is 3.30. The first-order chi connectivity index (χ1) is 8.11. The maximum absolute atomic E-state index is 11.8. The summed E-state index contributed by atoms with van der Waals surface area (Å²) >= 11 is 0. The van der Waals surface area contributed by atoms with Gasteiger partial charge in [0.1, 0.15) is 0 Å². The fraction of sp³-hybridized carbons (Fsp3) is 0.846. The second kappa shape index (κ2) is 6.61. The standard InChI is InChI=1S/C13H22N2O2/c1-3-9-17-10-4-12(16)15-7-5-13(2,11-14)6-8-15/h3-10H2,1-2H3. The van der Waals surface area contributed by atoms with Crippen LogP contribution in [0.25, 0.3) is 0 Å². The number of hydrogen-bond donors (Lipinski definition) is 0. The number of amides is 1. The lowest BCUT2D eigenvalue weighted by Gasteiger charge is -2.35. The minimum Gasteiger partial charge on any atom is -0.381 e. The molecule has 1 rings (SSSR count). The summed E-state index contributed by atoms with van der Waals surface area (Å²) in [5.74, 6) is 0.154. The molecule has 0 aliphatic carbocycles. The molecule has 0 bridgehead atoms. The molecule has 0 aromatic carbocycles. The molecule has 1 fully saturated rings. The zero-order valence-corrected chi connectivity index (χ0v) is 10.9. The molecule has 4 nitrogen and oxygen atoms in total. The molecular formula is C13H22N2O2. The summed E-state index contributed by atoms with van der Waals surface area (Å²) in [6.45, 7) is 6.67. The van der Waals surface area contributed by atoms with Crippen LogP contribution in [0.5, 0.6) is 0 Å². The van der Waals surface area contributed by atoms with Gasteiger partial charge in [-0.05, 0) is 26.2 Å². The van der Waals surface area contributed by atoms with E-state index in [0.717, 1.165) is 25.9 Å². The van der Waals surface area contributed by atoms with Crippen molar-refractivity contribution < 1.29 is 9.53 Å². The van der Waals surface area contributed by atoms with Crippen LogP contribution in [0, 0.1) is 16.7 Å². The van der Waals surface area contributed by atoms with Crippen LogP contribution in [0.3, 0.4) is 0 Å². The highest BCUT2D eigenvalue weighted by Gasteiger charge is 2.31. The quantitative estimate of drug-likeness (QED) is 0.688. The van der Waals surface area contributed by atoms with Gasteiger partial charge < -0.3 is 9.64 Å². The fourth-order valence-electron chi connectivity index (χ4n) is 1.93. The summed E-state index contributed by atoms with van der Waals surface area (Å²) in [5, 5.41) is 9.00. The first kappa shape index (κ1) is 14.0. The Morgan fingerprint density at radius 1 is 1.41 bits per heavy atom. The lowest BCUT2D eigenvalue weighted by molar-refractivity contribution is -0.134. The van der Waals surface area contributed by atoms with Gasteiger partial charge in [0.25, 0.3) is 0 Å². The van der Waals surface area contributed by atoms with Crippen LogP contribution in [0.4, 0.5) is 0 Å². The minimum absolute atomic E-state index is 0.154. The van der Waals surface area contributed by atoms with Gasteiger partial charge in [0, 0.05) is 19.7 Å². The highest BCUT2D eigenvalue weighted by molar-refractivity contribution is 5.76. The van der Waals surface area contributed by atoms with Crippen molar-refractivity contribution in [2.75, 3.05) is 26.3 Å². The molecule has 1 aliphatic heterocycles. The Kier molecular flexibility index (Phi) is 5.43. The van der Waals surface area contributed by atoms with Crippen molar-refractivity contribution in [1.82, 2.24) is 4.90 Å². The van der Waals surface area contributed by atoms with Crippen molar-refractivity contribution in [2.24, 2.45) is 5.41 Å². The van der Waals surface area contributed by atoms with Gasteiger partial charge in [0.15, 0.2) is 0 Å². The third kappa shape index (κ3) is 4.35. The van der Waals surface area contributed by atoms with Gasteiger partial charge in [-0.1, -0.05) is 6.92 Å². The maximum Gasteiger partial charge on any atom is 0.224 e. The number of nitriles is 1. The van der Waals surface area contributed by atoms with Crippen LogP contribution in [0.1, 0.15) is 39.5 Å². The van der Waals surface area contributed by atoms with E-state index in [0.29, 0.717) is 26.1 Å². The summed E-state index contributed by atoms with van der Waals surface area (Å²) in [6.07, 6.45) is 3.01. The number of carbonyl (C=O) groups is 1. The SMILES string of the molecule is CCCOCCC(=O)N1CCC(C)(C#N)CC1. The molecule has 0 unspecified atom stereocenters. The van der Waals surface area contributed by atoms with E-state index in [2.05, 4.69) is 13.0 Å². The summed E-state index contributed by atoms with van der Waals surface area (Å²) in [7, 11) is 0. The second-order valence-electron chi connectivity index (χ2n) is 4.92. The van der Waals surface area contributed by atoms with E-state index >= 15 is 0 Å². The summed E-state index contributed by atoms with van der Waals surface area (Å²) in [6, 6.07) is 2.34. The van der Waals surface area contributed by atoms with Crippen molar-refractivity contribution in [3.05, 3.63) is 0 Å². The highest BCUT2D eigenvalue weighted by Crippen LogP contribution is 2.29. The molecule has 1 heterocycles. The van der Waals surface area contributed by atoms with Crippen molar-refractivity contribution >= 4 is 5.91 Å². The predicted octanol–water partition coefficient (Wildman–Crippen LogP) is 1.96. The van der Waals surface area contributed by atoms with Crippen molar-refractivity contribution in [3.63, 3.8) is 0 Å². The van der Waals surface area contributed by atoms with Gasteiger partial charge in [-0.3, -0.25) is 4.79 Å². The molecule has 0 aromatic rings. The largest absolute Gasteiger partial charge is 0.381 e. The fourth-order valence-corrected chi connectivity index (χ4v) is 1.93. The molecule has 96 valence electrons. The number of nitrogens with zero attached hydrogens (tertiary/aromatic N) is 2. The Balaban J connectivity index is 2.24. The summed E-state index contributed by atoms with van der Waals surface area (Å²) < 4.78 is 5.31. The highest BCUT2D eigenvalue weighted by atomic mass is 16.5. The maximum atomic E-state index is 11.8. The van der Waals surface area contributed by atoms with E-state index in [4.69, 9.17) is 10.00 Å². The number of rotatable bonds is 5. The lowest BCUT2D eigenvalue weighted by atomic mass is 9.82. The van der Waals surface area contributed by atoms with Crippen LogP contribution >= 0.6 is 0 Å². The number of hydrogen-bond acceptors (Lipinski definition) is 3. The Morgan fingerprint density at radius 2 is 2.06 bits per heavy atom. The predicted molar refractivity (Wildman–Crippen MR) is 65.3 cm³/mol. The van der Waals surface area contributed by atoms with Gasteiger partial charge >= 0.3 is 0 Å². The minimum atomic E-state index is -0.241. The van der Waals surface area contributed by atoms with E-state index in [9.17, 15) is 4.79 Å². The smallest absolute Gasteiger partial charge is 0.224 e. The monoisotopic (exact) mass is 238 g/mol. The molecule has 0 saturated carbocycles. The van der Waals surface area contributed by atoms with E-state index in [1.807, 2.05) is 11.8 Å². The van der Waals surface area contributed by atoms with Crippen LogP contribution < -0.4 is 0 Å². The molecule has 1 aliphatic rings. The number of ether oxygens (including phenoxy) is 1. The second-order valence-corrected chi connectivity index (χ2v) is 4.92. The molecule has 0 radical (unpaired) electrons. The molecule has 0 N–H and O–H groups in total. The van der Waals surface area contributed by atoms with Gasteiger partial charge in [-0.25, -0.2) is 0 Å². The van der Waals surface area contributed by atoms with Crippen LogP contribution in [-0.4, -0.2) is 37.1 Å². The normalized spacial score (nSPS) is 18.8. The van der Waals surface area contributed by atoms with Crippen LogP contribution in [-0.2, 0) is 9.53 Å². The Bertz CT molecular complexity index is 288. The first-order valence-corrected chi connectivity index (χ1v) is 6.38. The van der Waals surface area contributed by atoms with Crippen molar-refractivity contribution in [3.8, 4) is 6.07 Å². The number of piperidine rings is 1. The molecular weight excluding hydrogens is 216 g/mol. The Labute approximate surface area is 104 Å². The molecule has 1 amide bonds. The molecule has 0 spiro atoms. The van der Waals surface area contributed by atoms with Gasteiger partial charge in [-0.2, -0.15) is 5.26 Å². The van der Waals surface area contributed by atoms with Crippen LogP contribution in [0.15, 0.2) is 0 Å². The molecule has 4 heteroatoms. The third-order valence-electron chi connectivity index (χ3n) is 3.30. The number of carbonyl (C=O) groups excluding carboxylic acids is 1. The molecule has 1 saturated heterocycles. The van der Waals surface area contributed by atoms with Gasteiger partial charge in [0.2, 0.25) is 5.91 Å². The lowest BCUT2D eigenvalue weighted by Crippen LogP contribution is -2.41. The van der Waals surface area contributed by atoms with E-state index in [-0.39, 0.29) is 11.3 Å². The average molecular weight is 238 g/mol. The van der Waals surface area contributed by atoms with Gasteiger partial charge in [-0.15, -0.1) is 0 Å². The number of likely N-dealkylation sites (tertiary alicyclic amines) is 1. The zero-order chi connectivity index (χ0) is 12.7. The van der Waals surface area contributed by atoms with Crippen LogP contribution in [0.2, 0.25) is 0 Å². The zero-order valence-electron chi connectivity index (χ0n) is 10.9. The van der Waals surface area contributed by atoms with E-state index in [1.54, 1.807) is 0 Å². The Hall–Kier alpha value is -1.08. The van der Waals surface area contributed by atoms with E-state index in [1.165, 1.54) is 0 Å². The van der Waals surface area contributed by atoms with Crippen molar-refractivity contribution in [2.45, 2.75) is 39.5 Å². The Morgan fingerprint density at radius 3 is 2.59 bits per heavy atom. The van der Waals surface area contributed by atoms with Crippen molar-refractivity contribution in [1.29, 1.82) is 5.26 Å². The molecule has 17 heavy (non-hydrogen) atoms. The first-order valence-electron chi connectivity index (χ1n) is 6.38. The topological polar surface area (TPSA) is 53.3 Å². The van der Waals surface area contributed by atoms with Gasteiger partial charge in [0.05, 0.1) is 24.5 Å².